The highest BCUT2D eigenvalue weighted by atomic mass is 15.2. The molecule has 1 rings (SSSR count). The maximum absolute atomic E-state index is 5.84. The topological polar surface area (TPSA) is 29.3 Å². The fraction of sp³-hybridized carbons (Fsp3) is 1.00. The lowest BCUT2D eigenvalue weighted by Crippen LogP contribution is -2.50. The number of nitrogens with two attached hydrogens (primary N) is 1. The van der Waals surface area contributed by atoms with Crippen molar-refractivity contribution in [2.24, 2.45) is 11.1 Å². The molecule has 2 nitrogen and oxygen atoms in total. The SMILES string of the molecule is CCC(C)(CN)N1CCC(C)(C)C1. The van der Waals surface area contributed by atoms with E-state index >= 15 is 0 Å². The number of hydrogen-bond donors (Lipinski definition) is 1. The first-order valence-corrected chi connectivity index (χ1v) is 5.39. The fourth-order valence-electron chi connectivity index (χ4n) is 2.07. The largest absolute Gasteiger partial charge is 0.329 e. The summed E-state index contributed by atoms with van der Waals surface area (Å²) in [6.45, 7) is 12.4. The van der Waals surface area contributed by atoms with E-state index in [1.54, 1.807) is 0 Å². The number of likely N-dealkylation sites (tertiary alicyclic amines) is 1. The molecule has 0 aromatic carbocycles. The summed E-state index contributed by atoms with van der Waals surface area (Å²) in [6, 6.07) is 0. The zero-order valence-corrected chi connectivity index (χ0v) is 9.56. The second-order valence-electron chi connectivity index (χ2n) is 5.39. The molecule has 1 atom stereocenters. The van der Waals surface area contributed by atoms with Crippen molar-refractivity contribution >= 4 is 0 Å². The van der Waals surface area contributed by atoms with E-state index in [0.717, 1.165) is 13.0 Å². The molecule has 78 valence electrons. The van der Waals surface area contributed by atoms with Gasteiger partial charge in [0.05, 0.1) is 0 Å². The van der Waals surface area contributed by atoms with Gasteiger partial charge in [0.1, 0.15) is 0 Å². The van der Waals surface area contributed by atoms with E-state index in [4.69, 9.17) is 5.73 Å². The molecule has 0 aromatic heterocycles. The molecule has 1 unspecified atom stereocenters. The van der Waals surface area contributed by atoms with Crippen molar-refractivity contribution in [3.8, 4) is 0 Å². The van der Waals surface area contributed by atoms with Gasteiger partial charge in [0.2, 0.25) is 0 Å². The highest BCUT2D eigenvalue weighted by Crippen LogP contribution is 2.34. The second kappa shape index (κ2) is 3.58. The Kier molecular flexibility index (Phi) is 3.03. The minimum atomic E-state index is 0.230. The quantitative estimate of drug-likeness (QED) is 0.725. The van der Waals surface area contributed by atoms with E-state index in [2.05, 4.69) is 32.6 Å². The number of hydrogen-bond acceptors (Lipinski definition) is 2. The summed E-state index contributed by atoms with van der Waals surface area (Å²) in [5.74, 6) is 0. The van der Waals surface area contributed by atoms with Crippen LogP contribution in [0.15, 0.2) is 0 Å². The molecule has 1 aliphatic heterocycles. The zero-order chi connectivity index (χ0) is 10.1. The van der Waals surface area contributed by atoms with Gasteiger partial charge < -0.3 is 5.73 Å². The normalized spacial score (nSPS) is 27.5. The van der Waals surface area contributed by atoms with Crippen LogP contribution in [0.1, 0.15) is 40.5 Å². The summed E-state index contributed by atoms with van der Waals surface area (Å²) in [4.78, 5) is 2.56. The van der Waals surface area contributed by atoms with Gasteiger partial charge in [-0.25, -0.2) is 0 Å². The lowest BCUT2D eigenvalue weighted by molar-refractivity contribution is 0.124. The molecular formula is C11H24N2. The minimum absolute atomic E-state index is 0.230. The van der Waals surface area contributed by atoms with Gasteiger partial charge in [-0.15, -0.1) is 0 Å². The first-order valence-electron chi connectivity index (χ1n) is 5.39. The first kappa shape index (κ1) is 11.0. The van der Waals surface area contributed by atoms with Gasteiger partial charge in [0.25, 0.3) is 0 Å². The van der Waals surface area contributed by atoms with Gasteiger partial charge >= 0.3 is 0 Å². The van der Waals surface area contributed by atoms with Crippen molar-refractivity contribution in [2.75, 3.05) is 19.6 Å². The molecule has 0 aromatic rings. The van der Waals surface area contributed by atoms with Crippen LogP contribution in [0.4, 0.5) is 0 Å². The van der Waals surface area contributed by atoms with E-state index in [1.165, 1.54) is 19.5 Å². The Bertz CT molecular complexity index is 171. The van der Waals surface area contributed by atoms with Crippen LogP contribution in [0.2, 0.25) is 0 Å². The van der Waals surface area contributed by atoms with Crippen molar-refractivity contribution in [3.05, 3.63) is 0 Å². The van der Waals surface area contributed by atoms with Gasteiger partial charge in [-0.05, 0) is 31.7 Å². The Labute approximate surface area is 82.5 Å². The lowest BCUT2D eigenvalue weighted by Gasteiger charge is -2.38. The first-order chi connectivity index (χ1) is 5.93. The Morgan fingerprint density at radius 1 is 1.46 bits per heavy atom. The van der Waals surface area contributed by atoms with Crippen molar-refractivity contribution in [2.45, 2.75) is 46.1 Å². The van der Waals surface area contributed by atoms with Gasteiger partial charge in [0.15, 0.2) is 0 Å². The van der Waals surface area contributed by atoms with Crippen molar-refractivity contribution in [1.29, 1.82) is 0 Å². The van der Waals surface area contributed by atoms with Gasteiger partial charge in [0, 0.05) is 18.6 Å². The lowest BCUT2D eigenvalue weighted by atomic mass is 9.92. The summed E-state index contributed by atoms with van der Waals surface area (Å²) in [6.07, 6.45) is 2.46. The molecular weight excluding hydrogens is 160 g/mol. The molecule has 1 saturated heterocycles. The van der Waals surface area contributed by atoms with Crippen molar-refractivity contribution in [3.63, 3.8) is 0 Å². The van der Waals surface area contributed by atoms with Crippen LogP contribution in [0, 0.1) is 5.41 Å². The zero-order valence-electron chi connectivity index (χ0n) is 9.56. The van der Waals surface area contributed by atoms with Crippen LogP contribution >= 0.6 is 0 Å². The highest BCUT2D eigenvalue weighted by molar-refractivity contribution is 4.93. The molecule has 0 aliphatic carbocycles. The molecule has 0 amide bonds. The molecule has 1 aliphatic rings. The number of rotatable bonds is 3. The third-order valence-corrected chi connectivity index (χ3v) is 3.64. The minimum Gasteiger partial charge on any atom is -0.329 e. The summed E-state index contributed by atoms with van der Waals surface area (Å²) in [7, 11) is 0. The molecule has 0 radical (unpaired) electrons. The van der Waals surface area contributed by atoms with Crippen LogP contribution < -0.4 is 5.73 Å². The van der Waals surface area contributed by atoms with Gasteiger partial charge in [-0.2, -0.15) is 0 Å². The Hall–Kier alpha value is -0.0800. The Morgan fingerprint density at radius 2 is 2.08 bits per heavy atom. The molecule has 0 spiro atoms. The molecule has 13 heavy (non-hydrogen) atoms. The van der Waals surface area contributed by atoms with E-state index < -0.39 is 0 Å². The van der Waals surface area contributed by atoms with E-state index in [9.17, 15) is 0 Å². The summed E-state index contributed by atoms with van der Waals surface area (Å²) < 4.78 is 0. The highest BCUT2D eigenvalue weighted by Gasteiger charge is 2.37. The summed E-state index contributed by atoms with van der Waals surface area (Å²) >= 11 is 0. The van der Waals surface area contributed by atoms with E-state index in [1.807, 2.05) is 0 Å². The average molecular weight is 184 g/mol. The van der Waals surface area contributed by atoms with Crippen molar-refractivity contribution < 1.29 is 0 Å². The average Bonchev–Trinajstić information content (AvgIpc) is 2.45. The summed E-state index contributed by atoms with van der Waals surface area (Å²) in [5.41, 5.74) is 6.57. The predicted octanol–water partition coefficient (Wildman–Crippen LogP) is 1.85. The van der Waals surface area contributed by atoms with Crippen molar-refractivity contribution in [1.82, 2.24) is 4.90 Å². The van der Waals surface area contributed by atoms with Crippen LogP contribution in [-0.2, 0) is 0 Å². The number of nitrogens with zero attached hydrogens (tertiary/aromatic N) is 1. The third kappa shape index (κ3) is 2.23. The Balaban J connectivity index is 2.63. The van der Waals surface area contributed by atoms with Gasteiger partial charge in [-0.1, -0.05) is 20.8 Å². The molecule has 1 fully saturated rings. The summed E-state index contributed by atoms with van der Waals surface area (Å²) in [5, 5.41) is 0. The van der Waals surface area contributed by atoms with E-state index in [0.29, 0.717) is 5.41 Å². The van der Waals surface area contributed by atoms with Crippen LogP contribution in [-0.4, -0.2) is 30.1 Å². The Morgan fingerprint density at radius 3 is 2.38 bits per heavy atom. The van der Waals surface area contributed by atoms with Crippen LogP contribution in [0.5, 0.6) is 0 Å². The maximum atomic E-state index is 5.84. The predicted molar refractivity (Wildman–Crippen MR) is 57.7 cm³/mol. The van der Waals surface area contributed by atoms with Gasteiger partial charge in [-0.3, -0.25) is 4.90 Å². The monoisotopic (exact) mass is 184 g/mol. The molecule has 2 heteroatoms. The van der Waals surface area contributed by atoms with E-state index in [-0.39, 0.29) is 5.54 Å². The van der Waals surface area contributed by atoms with Crippen LogP contribution in [0.3, 0.4) is 0 Å². The second-order valence-corrected chi connectivity index (χ2v) is 5.39. The maximum Gasteiger partial charge on any atom is 0.0301 e. The molecule has 1 heterocycles. The smallest absolute Gasteiger partial charge is 0.0301 e. The standard InChI is InChI=1S/C11H24N2/c1-5-11(4,8-12)13-7-6-10(2,3)9-13/h5-9,12H2,1-4H3. The van der Waals surface area contributed by atoms with Crippen LogP contribution in [0.25, 0.3) is 0 Å². The molecule has 0 bridgehead atoms. The third-order valence-electron chi connectivity index (χ3n) is 3.64. The molecule has 2 N–H and O–H groups in total. The fourth-order valence-corrected chi connectivity index (χ4v) is 2.07. The molecule has 0 saturated carbocycles.